The molecule has 1 aliphatic carbocycles. The Balaban J connectivity index is 1.93. The van der Waals surface area contributed by atoms with Crippen LogP contribution in [-0.4, -0.2) is 20.8 Å². The van der Waals surface area contributed by atoms with Gasteiger partial charge >= 0.3 is 0 Å². The Morgan fingerprint density at radius 2 is 1.96 bits per heavy atom. The van der Waals surface area contributed by atoms with Gasteiger partial charge in [-0.25, -0.2) is 8.42 Å². The molecule has 1 unspecified atom stereocenters. The van der Waals surface area contributed by atoms with Gasteiger partial charge in [-0.1, -0.05) is 30.8 Å². The number of hydrogen-bond donors (Lipinski definition) is 1. The lowest BCUT2D eigenvalue weighted by Crippen LogP contribution is -2.16. The number of amidine groups is 1. The van der Waals surface area contributed by atoms with Gasteiger partial charge in [0.25, 0.3) is 0 Å². The largest absolute Gasteiger partial charge is 0.384 e. The molecule has 0 heterocycles. The molecule has 0 aromatic heterocycles. The van der Waals surface area contributed by atoms with E-state index >= 15 is 0 Å². The maximum Gasteiger partial charge on any atom is 0.206 e. The number of sulfone groups is 1. The number of benzene rings is 2. The first-order chi connectivity index (χ1) is 12.0. The molecule has 3 rings (SSSR count). The fraction of sp³-hybridized carbons (Fsp3) is 0.250. The van der Waals surface area contributed by atoms with Crippen molar-refractivity contribution in [1.82, 2.24) is 0 Å². The Morgan fingerprint density at radius 1 is 1.20 bits per heavy atom. The van der Waals surface area contributed by atoms with Crippen molar-refractivity contribution in [2.75, 3.05) is 6.54 Å². The first-order valence-electron chi connectivity index (χ1n) is 8.37. The summed E-state index contributed by atoms with van der Waals surface area (Å²) in [6.45, 7) is 4.22. The minimum Gasteiger partial charge on any atom is -0.384 e. The molecule has 2 aromatic rings. The smallest absolute Gasteiger partial charge is 0.206 e. The number of hydrogen-bond acceptors (Lipinski definition) is 3. The van der Waals surface area contributed by atoms with Crippen molar-refractivity contribution in [3.8, 4) is 0 Å². The van der Waals surface area contributed by atoms with Crippen LogP contribution in [0.3, 0.4) is 0 Å². The fourth-order valence-corrected chi connectivity index (χ4v) is 4.60. The monoisotopic (exact) mass is 354 g/mol. The Hall–Kier alpha value is -2.40. The summed E-state index contributed by atoms with van der Waals surface area (Å²) < 4.78 is 25.6. The first-order valence-corrected chi connectivity index (χ1v) is 9.86. The van der Waals surface area contributed by atoms with Crippen molar-refractivity contribution in [3.63, 3.8) is 0 Å². The van der Waals surface area contributed by atoms with Crippen molar-refractivity contribution in [3.05, 3.63) is 72.3 Å². The normalized spacial score (nSPS) is 17.8. The number of fused-ring (bicyclic) bond motifs is 1. The van der Waals surface area contributed by atoms with E-state index in [2.05, 4.69) is 11.6 Å². The molecular weight excluding hydrogens is 332 g/mol. The van der Waals surface area contributed by atoms with Gasteiger partial charge in [0.05, 0.1) is 9.79 Å². The number of aliphatic imine (C=N–C) groups is 1. The molecule has 0 amide bonds. The lowest BCUT2D eigenvalue weighted by Gasteiger charge is -2.25. The highest BCUT2D eigenvalue weighted by atomic mass is 32.2. The fourth-order valence-electron chi connectivity index (χ4n) is 3.26. The van der Waals surface area contributed by atoms with Crippen LogP contribution in [0, 0.1) is 0 Å². The standard InChI is InChI=1S/C20H22N2O2S/c1-2-20(21)22-14-16-8-6-7-15-13-18(11-12-19(15)16)25(23,24)17-9-4-3-5-10-17/h2-5,9-13,16H,1,6-8,14H2,(H2,21,22). The maximum absolute atomic E-state index is 12.8. The van der Waals surface area contributed by atoms with Crippen molar-refractivity contribution >= 4 is 15.7 Å². The molecule has 0 bridgehead atoms. The summed E-state index contributed by atoms with van der Waals surface area (Å²) in [4.78, 5) is 5.02. The van der Waals surface area contributed by atoms with Crippen molar-refractivity contribution in [2.45, 2.75) is 35.0 Å². The molecule has 0 spiro atoms. The molecule has 2 aromatic carbocycles. The SMILES string of the molecule is C=CC(N)=NCC1CCCc2cc(S(=O)(=O)c3ccccc3)ccc21. The summed E-state index contributed by atoms with van der Waals surface area (Å²) in [5.41, 5.74) is 7.99. The van der Waals surface area contributed by atoms with Crippen molar-refractivity contribution in [2.24, 2.45) is 10.7 Å². The summed E-state index contributed by atoms with van der Waals surface area (Å²) in [6, 6.07) is 14.0. The quantitative estimate of drug-likeness (QED) is 0.660. The molecule has 0 saturated heterocycles. The predicted molar refractivity (Wildman–Crippen MR) is 101 cm³/mol. The highest BCUT2D eigenvalue weighted by Crippen LogP contribution is 2.34. The van der Waals surface area contributed by atoms with Gasteiger partial charge in [0.1, 0.15) is 5.84 Å². The summed E-state index contributed by atoms with van der Waals surface area (Å²) in [5.74, 6) is 0.714. The molecule has 5 heteroatoms. The topological polar surface area (TPSA) is 72.5 Å². The zero-order valence-electron chi connectivity index (χ0n) is 14.1. The lowest BCUT2D eigenvalue weighted by atomic mass is 9.83. The van der Waals surface area contributed by atoms with Crippen LogP contribution in [0.1, 0.15) is 29.9 Å². The van der Waals surface area contributed by atoms with Gasteiger partial charge < -0.3 is 5.73 Å². The van der Waals surface area contributed by atoms with E-state index in [1.54, 1.807) is 36.4 Å². The van der Waals surface area contributed by atoms with Crippen LogP contribution in [0.25, 0.3) is 0 Å². The Morgan fingerprint density at radius 3 is 2.68 bits per heavy atom. The number of nitrogens with two attached hydrogens (primary N) is 1. The third-order valence-electron chi connectivity index (χ3n) is 4.62. The molecular formula is C20H22N2O2S. The van der Waals surface area contributed by atoms with E-state index in [0.29, 0.717) is 22.2 Å². The maximum atomic E-state index is 12.8. The molecule has 130 valence electrons. The molecule has 4 nitrogen and oxygen atoms in total. The Kier molecular flexibility index (Phi) is 5.04. The summed E-state index contributed by atoms with van der Waals surface area (Å²) in [5, 5.41) is 0. The van der Waals surface area contributed by atoms with Crippen LogP contribution >= 0.6 is 0 Å². The van der Waals surface area contributed by atoms with E-state index in [1.807, 2.05) is 18.2 Å². The van der Waals surface area contributed by atoms with Crippen molar-refractivity contribution < 1.29 is 8.42 Å². The van der Waals surface area contributed by atoms with Gasteiger partial charge in [-0.3, -0.25) is 4.99 Å². The molecule has 0 aliphatic heterocycles. The van der Waals surface area contributed by atoms with E-state index in [0.717, 1.165) is 24.8 Å². The Bertz CT molecular complexity index is 903. The first kappa shape index (κ1) is 17.4. The second-order valence-electron chi connectivity index (χ2n) is 6.24. The Labute approximate surface area is 149 Å². The van der Waals surface area contributed by atoms with Gasteiger partial charge in [-0.2, -0.15) is 0 Å². The minimum absolute atomic E-state index is 0.274. The third kappa shape index (κ3) is 3.66. The highest BCUT2D eigenvalue weighted by molar-refractivity contribution is 7.91. The van der Waals surface area contributed by atoms with Crippen LogP contribution in [0.5, 0.6) is 0 Å². The van der Waals surface area contributed by atoms with E-state index in [1.165, 1.54) is 5.56 Å². The summed E-state index contributed by atoms with van der Waals surface area (Å²) in [6.07, 6.45) is 4.49. The molecule has 1 atom stereocenters. The van der Waals surface area contributed by atoms with E-state index in [4.69, 9.17) is 5.73 Å². The van der Waals surface area contributed by atoms with E-state index < -0.39 is 9.84 Å². The second-order valence-corrected chi connectivity index (χ2v) is 8.19. The van der Waals surface area contributed by atoms with Crippen LogP contribution in [0.4, 0.5) is 0 Å². The summed E-state index contributed by atoms with van der Waals surface area (Å²) in [7, 11) is -3.48. The molecule has 0 radical (unpaired) electrons. The molecule has 0 fully saturated rings. The van der Waals surface area contributed by atoms with Crippen LogP contribution in [0.15, 0.2) is 76.0 Å². The predicted octanol–water partition coefficient (Wildman–Crippen LogP) is 3.48. The average molecular weight is 354 g/mol. The van der Waals surface area contributed by atoms with Crippen LogP contribution < -0.4 is 5.73 Å². The van der Waals surface area contributed by atoms with Gasteiger partial charge in [0.2, 0.25) is 9.84 Å². The summed E-state index contributed by atoms with van der Waals surface area (Å²) >= 11 is 0. The minimum atomic E-state index is -3.48. The third-order valence-corrected chi connectivity index (χ3v) is 6.39. The van der Waals surface area contributed by atoms with Crippen LogP contribution in [0.2, 0.25) is 0 Å². The average Bonchev–Trinajstić information content (AvgIpc) is 2.66. The zero-order valence-corrected chi connectivity index (χ0v) is 14.9. The van der Waals surface area contributed by atoms with Gasteiger partial charge in [-0.15, -0.1) is 0 Å². The molecule has 25 heavy (non-hydrogen) atoms. The van der Waals surface area contributed by atoms with Crippen molar-refractivity contribution in [1.29, 1.82) is 0 Å². The molecule has 1 aliphatic rings. The van der Waals surface area contributed by atoms with Gasteiger partial charge in [-0.05, 0) is 60.7 Å². The van der Waals surface area contributed by atoms with Gasteiger partial charge in [0.15, 0.2) is 0 Å². The molecule has 2 N–H and O–H groups in total. The lowest BCUT2D eigenvalue weighted by molar-refractivity contribution is 0.559. The van der Waals surface area contributed by atoms with Crippen LogP contribution in [-0.2, 0) is 16.3 Å². The van der Waals surface area contributed by atoms with E-state index in [-0.39, 0.29) is 5.92 Å². The second kappa shape index (κ2) is 7.23. The highest BCUT2D eigenvalue weighted by Gasteiger charge is 2.24. The number of aryl methyl sites for hydroxylation is 1. The molecule has 0 saturated carbocycles. The zero-order chi connectivity index (χ0) is 17.9. The van der Waals surface area contributed by atoms with E-state index in [9.17, 15) is 8.42 Å². The number of nitrogens with zero attached hydrogens (tertiary/aromatic N) is 1. The number of rotatable bonds is 5. The van der Waals surface area contributed by atoms with Gasteiger partial charge in [0, 0.05) is 12.5 Å².